The number of carboxylic acid groups (broad SMARTS) is 1. The van der Waals surface area contributed by atoms with Gasteiger partial charge in [0, 0.05) is 12.8 Å². The third-order valence-corrected chi connectivity index (χ3v) is 5.57. The number of ketones is 1. The van der Waals surface area contributed by atoms with Crippen molar-refractivity contribution in [3.05, 3.63) is 0 Å². The van der Waals surface area contributed by atoms with Crippen molar-refractivity contribution in [1.29, 1.82) is 0 Å². The molecule has 0 aliphatic carbocycles. The summed E-state index contributed by atoms with van der Waals surface area (Å²) in [5.41, 5.74) is 4.26. The van der Waals surface area contributed by atoms with Crippen LogP contribution < -0.4 is 5.73 Å². The van der Waals surface area contributed by atoms with E-state index >= 15 is 0 Å². The molecule has 0 spiro atoms. The molecule has 0 fully saturated rings. The van der Waals surface area contributed by atoms with Crippen molar-refractivity contribution in [1.82, 2.24) is 0 Å². The molecule has 4 N–H and O–H groups in total. The molecule has 0 radical (unpaired) electrons. The fourth-order valence-corrected chi connectivity index (χ4v) is 3.38. The van der Waals surface area contributed by atoms with E-state index in [-0.39, 0.29) is 6.42 Å². The van der Waals surface area contributed by atoms with Crippen LogP contribution in [-0.4, -0.2) is 33.6 Å². The van der Waals surface area contributed by atoms with Gasteiger partial charge in [-0.2, -0.15) is 0 Å². The van der Waals surface area contributed by atoms with Gasteiger partial charge in [-0.25, -0.2) is 0 Å². The predicted molar refractivity (Wildman–Crippen MR) is 111 cm³/mol. The molecule has 0 aromatic rings. The van der Waals surface area contributed by atoms with Crippen LogP contribution in [0.3, 0.4) is 0 Å². The van der Waals surface area contributed by atoms with Gasteiger partial charge in [0.15, 0.2) is 0 Å². The average molecular weight is 386 g/mol. The summed E-state index contributed by atoms with van der Waals surface area (Å²) in [5, 5.41) is 19.2. The van der Waals surface area contributed by atoms with Gasteiger partial charge in [0.1, 0.15) is 11.3 Å². The van der Waals surface area contributed by atoms with E-state index in [4.69, 9.17) is 10.8 Å². The van der Waals surface area contributed by atoms with Crippen LogP contribution in [0.4, 0.5) is 0 Å². The van der Waals surface area contributed by atoms with Gasteiger partial charge < -0.3 is 15.9 Å². The largest absolute Gasteiger partial charge is 0.480 e. The second-order valence-electron chi connectivity index (χ2n) is 7.93. The molecule has 0 saturated carbocycles. The summed E-state index contributed by atoms with van der Waals surface area (Å²) in [6.45, 7) is 3.87. The Morgan fingerprint density at radius 1 is 0.815 bits per heavy atom. The molecule has 0 aliphatic rings. The van der Waals surface area contributed by atoms with Gasteiger partial charge in [-0.05, 0) is 25.7 Å². The molecular weight excluding hydrogens is 342 g/mol. The van der Waals surface area contributed by atoms with Crippen molar-refractivity contribution >= 4 is 11.8 Å². The Kier molecular flexibility index (Phi) is 15.5. The maximum atomic E-state index is 11.7. The molecule has 0 bridgehead atoms. The van der Waals surface area contributed by atoms with Crippen molar-refractivity contribution in [2.24, 2.45) is 5.73 Å². The molecule has 0 amide bonds. The fourth-order valence-electron chi connectivity index (χ4n) is 3.38. The normalized spacial score (nSPS) is 14.7. The number of hydrogen-bond donors (Lipinski definition) is 3. The number of hydrogen-bond acceptors (Lipinski definition) is 4. The van der Waals surface area contributed by atoms with Gasteiger partial charge in [0.2, 0.25) is 0 Å². The minimum atomic E-state index is -1.52. The molecule has 5 nitrogen and oxygen atoms in total. The van der Waals surface area contributed by atoms with Crippen LogP contribution in [0, 0.1) is 0 Å². The number of aliphatic hydroxyl groups is 1. The number of nitrogens with two attached hydrogens (primary N) is 1. The lowest BCUT2D eigenvalue weighted by molar-refractivity contribution is -0.148. The molecule has 160 valence electrons. The van der Waals surface area contributed by atoms with Crippen LogP contribution in [0.2, 0.25) is 0 Å². The van der Waals surface area contributed by atoms with Crippen LogP contribution in [-0.2, 0) is 9.59 Å². The summed E-state index contributed by atoms with van der Waals surface area (Å²) in [6, 6.07) is 0. The second kappa shape index (κ2) is 16.1. The highest BCUT2D eigenvalue weighted by atomic mass is 16.4. The third kappa shape index (κ3) is 12.2. The van der Waals surface area contributed by atoms with Crippen molar-refractivity contribution in [2.45, 2.75) is 128 Å². The molecule has 0 aliphatic heterocycles. The first kappa shape index (κ1) is 26.1. The number of Topliss-reactive ketones (excluding diaryl/α,β-unsaturated/α-hetero) is 1. The van der Waals surface area contributed by atoms with E-state index < -0.39 is 17.6 Å². The number of aliphatic carboxylic acids is 1. The smallest absolute Gasteiger partial charge is 0.326 e. The quantitative estimate of drug-likeness (QED) is 0.272. The Morgan fingerprint density at radius 3 is 1.70 bits per heavy atom. The van der Waals surface area contributed by atoms with Crippen LogP contribution in [0.15, 0.2) is 0 Å². The van der Waals surface area contributed by atoms with Gasteiger partial charge in [0.25, 0.3) is 0 Å². The zero-order valence-electron chi connectivity index (χ0n) is 17.7. The zero-order valence-corrected chi connectivity index (χ0v) is 17.7. The first-order chi connectivity index (χ1) is 12.9. The Balaban J connectivity index is 3.50. The van der Waals surface area contributed by atoms with E-state index in [0.717, 1.165) is 57.8 Å². The standard InChI is InChI=1S/C22H43NO4/c1-3-5-6-13-16-19(24)17-14-11-9-7-8-10-12-15-18-20(25)22(23,4-2)21(26)27/h20,25H,3-18,23H2,1-2H3,(H,26,27)/t20-,22+/m1/s1. The lowest BCUT2D eigenvalue weighted by Gasteiger charge is -2.28. The van der Waals surface area contributed by atoms with Gasteiger partial charge in [-0.15, -0.1) is 0 Å². The van der Waals surface area contributed by atoms with Gasteiger partial charge in [0.05, 0.1) is 6.10 Å². The number of aliphatic hydroxyl groups excluding tert-OH is 1. The monoisotopic (exact) mass is 385 g/mol. The van der Waals surface area contributed by atoms with Crippen LogP contribution in [0.25, 0.3) is 0 Å². The fraction of sp³-hybridized carbons (Fsp3) is 0.909. The molecule has 2 atom stereocenters. The van der Waals surface area contributed by atoms with Crippen LogP contribution >= 0.6 is 0 Å². The molecule has 0 saturated heterocycles. The molecule has 0 unspecified atom stereocenters. The second-order valence-corrected chi connectivity index (χ2v) is 7.93. The topological polar surface area (TPSA) is 101 Å². The maximum Gasteiger partial charge on any atom is 0.326 e. The van der Waals surface area contributed by atoms with Gasteiger partial charge in [-0.3, -0.25) is 9.59 Å². The lowest BCUT2D eigenvalue weighted by Crippen LogP contribution is -2.56. The summed E-state index contributed by atoms with van der Waals surface area (Å²) in [5.74, 6) is -0.703. The average Bonchev–Trinajstić information content (AvgIpc) is 2.65. The van der Waals surface area contributed by atoms with E-state index in [9.17, 15) is 14.7 Å². The van der Waals surface area contributed by atoms with E-state index in [1.165, 1.54) is 32.1 Å². The molecule has 0 heterocycles. The van der Waals surface area contributed by atoms with E-state index in [1.807, 2.05) is 0 Å². The number of carboxylic acids is 1. The number of rotatable bonds is 19. The van der Waals surface area contributed by atoms with Crippen molar-refractivity contribution in [3.8, 4) is 0 Å². The Bertz CT molecular complexity index is 400. The van der Waals surface area contributed by atoms with Gasteiger partial charge >= 0.3 is 5.97 Å². The lowest BCUT2D eigenvalue weighted by atomic mass is 9.87. The number of unbranched alkanes of at least 4 members (excludes halogenated alkanes) is 10. The van der Waals surface area contributed by atoms with Gasteiger partial charge in [-0.1, -0.05) is 78.1 Å². The highest BCUT2D eigenvalue weighted by Crippen LogP contribution is 2.19. The molecule has 0 aromatic heterocycles. The maximum absolute atomic E-state index is 11.7. The van der Waals surface area contributed by atoms with E-state index in [1.54, 1.807) is 6.92 Å². The first-order valence-electron chi connectivity index (χ1n) is 11.1. The molecule has 0 rings (SSSR count). The highest BCUT2D eigenvalue weighted by molar-refractivity contribution is 5.79. The summed E-state index contributed by atoms with van der Waals surface area (Å²) >= 11 is 0. The summed E-state index contributed by atoms with van der Waals surface area (Å²) < 4.78 is 0. The summed E-state index contributed by atoms with van der Waals surface area (Å²) in [6.07, 6.45) is 14.4. The molecule has 0 aromatic carbocycles. The SMILES string of the molecule is CCCCCCC(=O)CCCCCCCCCC[C@@H](O)[C@@](N)(CC)C(=O)O. The minimum absolute atomic E-state index is 0.227. The number of carbonyl (C=O) groups excluding carboxylic acids is 1. The van der Waals surface area contributed by atoms with Crippen molar-refractivity contribution in [2.75, 3.05) is 0 Å². The third-order valence-electron chi connectivity index (χ3n) is 5.57. The van der Waals surface area contributed by atoms with Crippen molar-refractivity contribution in [3.63, 3.8) is 0 Å². The Labute approximate surface area is 166 Å². The Hall–Kier alpha value is -0.940. The molecule has 5 heteroatoms. The van der Waals surface area contributed by atoms with Crippen molar-refractivity contribution < 1.29 is 19.8 Å². The molecular formula is C22H43NO4. The summed E-state index contributed by atoms with van der Waals surface area (Å²) in [7, 11) is 0. The number of carbonyl (C=O) groups is 2. The summed E-state index contributed by atoms with van der Waals surface area (Å²) in [4.78, 5) is 22.9. The molecule has 27 heavy (non-hydrogen) atoms. The van der Waals surface area contributed by atoms with Crippen LogP contribution in [0.1, 0.15) is 117 Å². The van der Waals surface area contributed by atoms with E-state index in [2.05, 4.69) is 6.92 Å². The minimum Gasteiger partial charge on any atom is -0.480 e. The zero-order chi connectivity index (χ0) is 20.5. The first-order valence-corrected chi connectivity index (χ1v) is 11.1. The Morgan fingerprint density at radius 2 is 1.26 bits per heavy atom. The highest BCUT2D eigenvalue weighted by Gasteiger charge is 2.39. The van der Waals surface area contributed by atoms with Crippen LogP contribution in [0.5, 0.6) is 0 Å². The predicted octanol–water partition coefficient (Wildman–Crippen LogP) is 4.98. The van der Waals surface area contributed by atoms with E-state index in [0.29, 0.717) is 12.2 Å².